The van der Waals surface area contributed by atoms with Gasteiger partial charge in [-0.3, -0.25) is 9.80 Å². The van der Waals surface area contributed by atoms with Crippen molar-refractivity contribution in [1.82, 2.24) is 9.80 Å². The predicted molar refractivity (Wildman–Crippen MR) is 72.2 cm³/mol. The van der Waals surface area contributed by atoms with E-state index < -0.39 is 0 Å². The van der Waals surface area contributed by atoms with Gasteiger partial charge < -0.3 is 5.73 Å². The molecule has 0 aromatic heterocycles. The Morgan fingerprint density at radius 3 is 2.44 bits per heavy atom. The van der Waals surface area contributed by atoms with Crippen LogP contribution in [-0.4, -0.2) is 49.1 Å². The van der Waals surface area contributed by atoms with Crippen LogP contribution in [0.3, 0.4) is 0 Å². The second kappa shape index (κ2) is 6.48. The molecule has 1 aromatic carbocycles. The zero-order valence-electron chi connectivity index (χ0n) is 10.4. The van der Waals surface area contributed by atoms with E-state index in [1.807, 2.05) is 0 Å². The summed E-state index contributed by atoms with van der Waals surface area (Å²) >= 11 is 6.03. The van der Waals surface area contributed by atoms with E-state index in [4.69, 9.17) is 17.3 Å². The molecule has 3 nitrogen and oxygen atoms in total. The first-order chi connectivity index (χ1) is 8.69. The standard InChI is InChI=1S/C13H19ClFN3/c14-13-9-12(15)2-1-11(13)10-18-7-5-17(4-3-16)6-8-18/h1-2,9H,3-8,10,16H2. The summed E-state index contributed by atoms with van der Waals surface area (Å²) in [5.74, 6) is -0.281. The first-order valence-corrected chi connectivity index (χ1v) is 6.65. The van der Waals surface area contributed by atoms with E-state index >= 15 is 0 Å². The lowest BCUT2D eigenvalue weighted by Crippen LogP contribution is -2.47. The normalized spacial score (nSPS) is 18.2. The number of piperazine rings is 1. The van der Waals surface area contributed by atoms with Crippen LogP contribution in [0.5, 0.6) is 0 Å². The lowest BCUT2D eigenvalue weighted by Gasteiger charge is -2.34. The van der Waals surface area contributed by atoms with Gasteiger partial charge in [-0.2, -0.15) is 0 Å². The fraction of sp³-hybridized carbons (Fsp3) is 0.538. The maximum atomic E-state index is 12.9. The van der Waals surface area contributed by atoms with Crippen molar-refractivity contribution in [3.8, 4) is 0 Å². The average Bonchev–Trinajstić information content (AvgIpc) is 2.35. The highest BCUT2D eigenvalue weighted by Gasteiger charge is 2.17. The summed E-state index contributed by atoms with van der Waals surface area (Å²) in [6.07, 6.45) is 0. The minimum atomic E-state index is -0.281. The van der Waals surface area contributed by atoms with Crippen LogP contribution < -0.4 is 5.73 Å². The minimum Gasteiger partial charge on any atom is -0.329 e. The van der Waals surface area contributed by atoms with Crippen molar-refractivity contribution < 1.29 is 4.39 Å². The fourth-order valence-electron chi connectivity index (χ4n) is 2.24. The Labute approximate surface area is 112 Å². The quantitative estimate of drug-likeness (QED) is 0.902. The zero-order valence-corrected chi connectivity index (χ0v) is 11.2. The molecule has 2 rings (SSSR count). The van der Waals surface area contributed by atoms with Crippen molar-refractivity contribution in [2.24, 2.45) is 5.73 Å². The number of rotatable bonds is 4. The Morgan fingerprint density at radius 1 is 1.17 bits per heavy atom. The van der Waals surface area contributed by atoms with E-state index in [1.54, 1.807) is 6.07 Å². The van der Waals surface area contributed by atoms with Gasteiger partial charge in [0.15, 0.2) is 0 Å². The molecule has 1 heterocycles. The molecule has 0 atom stereocenters. The third kappa shape index (κ3) is 3.65. The Morgan fingerprint density at radius 2 is 1.83 bits per heavy atom. The smallest absolute Gasteiger partial charge is 0.124 e. The average molecular weight is 272 g/mol. The Kier molecular flexibility index (Phi) is 4.95. The van der Waals surface area contributed by atoms with Crippen molar-refractivity contribution in [2.45, 2.75) is 6.54 Å². The van der Waals surface area contributed by atoms with Gasteiger partial charge in [-0.25, -0.2) is 4.39 Å². The van der Waals surface area contributed by atoms with Crippen LogP contribution >= 0.6 is 11.6 Å². The highest BCUT2D eigenvalue weighted by atomic mass is 35.5. The van der Waals surface area contributed by atoms with Gasteiger partial charge in [-0.1, -0.05) is 17.7 Å². The predicted octanol–water partition coefficient (Wildman–Crippen LogP) is 1.56. The number of nitrogens with two attached hydrogens (primary N) is 1. The van der Waals surface area contributed by atoms with E-state index in [0.29, 0.717) is 11.6 Å². The maximum Gasteiger partial charge on any atom is 0.124 e. The van der Waals surface area contributed by atoms with E-state index in [9.17, 15) is 4.39 Å². The zero-order chi connectivity index (χ0) is 13.0. The number of benzene rings is 1. The SMILES string of the molecule is NCCN1CCN(Cc2ccc(F)cc2Cl)CC1. The summed E-state index contributed by atoms with van der Waals surface area (Å²) in [7, 11) is 0. The van der Waals surface area contributed by atoms with Crippen molar-refractivity contribution in [3.05, 3.63) is 34.6 Å². The van der Waals surface area contributed by atoms with Gasteiger partial charge in [-0.05, 0) is 17.7 Å². The molecule has 1 aromatic rings. The summed E-state index contributed by atoms with van der Waals surface area (Å²) in [5.41, 5.74) is 6.53. The largest absolute Gasteiger partial charge is 0.329 e. The number of nitrogens with zero attached hydrogens (tertiary/aromatic N) is 2. The van der Waals surface area contributed by atoms with E-state index in [1.165, 1.54) is 12.1 Å². The third-order valence-electron chi connectivity index (χ3n) is 3.32. The molecule has 0 amide bonds. The van der Waals surface area contributed by atoms with Gasteiger partial charge in [0.25, 0.3) is 0 Å². The summed E-state index contributed by atoms with van der Waals surface area (Å²) in [6, 6.07) is 4.61. The molecule has 1 saturated heterocycles. The third-order valence-corrected chi connectivity index (χ3v) is 3.67. The molecule has 1 fully saturated rings. The lowest BCUT2D eigenvalue weighted by atomic mass is 10.2. The number of hydrogen-bond acceptors (Lipinski definition) is 3. The molecule has 0 spiro atoms. The second-order valence-corrected chi connectivity index (χ2v) is 5.05. The summed E-state index contributed by atoms with van der Waals surface area (Å²) in [6.45, 7) is 6.55. The molecule has 5 heteroatoms. The molecule has 0 bridgehead atoms. The summed E-state index contributed by atoms with van der Waals surface area (Å²) in [4.78, 5) is 4.70. The topological polar surface area (TPSA) is 32.5 Å². The molecular weight excluding hydrogens is 253 g/mol. The van der Waals surface area contributed by atoms with Gasteiger partial charge >= 0.3 is 0 Å². The van der Waals surface area contributed by atoms with Crippen LogP contribution in [0.15, 0.2) is 18.2 Å². The maximum absolute atomic E-state index is 12.9. The van der Waals surface area contributed by atoms with Crippen LogP contribution in [0.2, 0.25) is 5.02 Å². The van der Waals surface area contributed by atoms with Gasteiger partial charge in [-0.15, -0.1) is 0 Å². The van der Waals surface area contributed by atoms with Crippen molar-refractivity contribution >= 4 is 11.6 Å². The first-order valence-electron chi connectivity index (χ1n) is 6.28. The van der Waals surface area contributed by atoms with Crippen LogP contribution in [0.4, 0.5) is 4.39 Å². The number of hydrogen-bond donors (Lipinski definition) is 1. The van der Waals surface area contributed by atoms with Gasteiger partial charge in [0, 0.05) is 50.8 Å². The highest BCUT2D eigenvalue weighted by Crippen LogP contribution is 2.19. The lowest BCUT2D eigenvalue weighted by molar-refractivity contribution is 0.130. The second-order valence-electron chi connectivity index (χ2n) is 4.64. The summed E-state index contributed by atoms with van der Waals surface area (Å²) < 4.78 is 12.9. The van der Waals surface area contributed by atoms with Gasteiger partial charge in [0.2, 0.25) is 0 Å². The van der Waals surface area contributed by atoms with E-state index in [-0.39, 0.29) is 5.82 Å². The van der Waals surface area contributed by atoms with Crippen LogP contribution in [-0.2, 0) is 6.54 Å². The molecule has 0 aliphatic carbocycles. The molecule has 0 unspecified atom stereocenters. The molecule has 1 aliphatic heterocycles. The Balaban J connectivity index is 1.87. The molecule has 2 N–H and O–H groups in total. The van der Waals surface area contributed by atoms with Gasteiger partial charge in [0.05, 0.1) is 0 Å². The molecular formula is C13H19ClFN3. The minimum absolute atomic E-state index is 0.281. The van der Waals surface area contributed by atoms with Crippen LogP contribution in [0.25, 0.3) is 0 Å². The van der Waals surface area contributed by atoms with Crippen molar-refractivity contribution in [1.29, 1.82) is 0 Å². The van der Waals surface area contributed by atoms with Crippen molar-refractivity contribution in [3.63, 3.8) is 0 Å². The first kappa shape index (κ1) is 13.7. The van der Waals surface area contributed by atoms with Crippen LogP contribution in [0, 0.1) is 5.82 Å². The number of halogens is 2. The fourth-order valence-corrected chi connectivity index (χ4v) is 2.47. The van der Waals surface area contributed by atoms with E-state index in [2.05, 4.69) is 9.80 Å². The van der Waals surface area contributed by atoms with Crippen LogP contribution in [0.1, 0.15) is 5.56 Å². The highest BCUT2D eigenvalue weighted by molar-refractivity contribution is 6.31. The Hall–Kier alpha value is -0.680. The molecule has 18 heavy (non-hydrogen) atoms. The molecule has 1 aliphatic rings. The Bertz CT molecular complexity index is 392. The van der Waals surface area contributed by atoms with E-state index in [0.717, 1.165) is 44.8 Å². The molecule has 0 radical (unpaired) electrons. The molecule has 100 valence electrons. The van der Waals surface area contributed by atoms with Crippen molar-refractivity contribution in [2.75, 3.05) is 39.3 Å². The van der Waals surface area contributed by atoms with Gasteiger partial charge in [0.1, 0.15) is 5.82 Å². The molecule has 0 saturated carbocycles. The summed E-state index contributed by atoms with van der Waals surface area (Å²) in [5, 5.41) is 0.513. The monoisotopic (exact) mass is 271 g/mol.